The van der Waals surface area contributed by atoms with Gasteiger partial charge >= 0.3 is 0 Å². The number of benzene rings is 2. The molecule has 1 heterocycles. The van der Waals surface area contributed by atoms with E-state index in [2.05, 4.69) is 0 Å². The first-order chi connectivity index (χ1) is 9.34. The summed E-state index contributed by atoms with van der Waals surface area (Å²) < 4.78 is 5.22. The summed E-state index contributed by atoms with van der Waals surface area (Å²) in [5, 5.41) is 0. The molecule has 2 aromatic rings. The second-order valence-corrected chi connectivity index (χ2v) is 4.55. The van der Waals surface area contributed by atoms with Crippen molar-refractivity contribution < 1.29 is 9.53 Å². The fourth-order valence-electron chi connectivity index (χ4n) is 2.22. The summed E-state index contributed by atoms with van der Waals surface area (Å²) in [5.74, 6) is 0.0373. The van der Waals surface area contributed by atoms with Crippen molar-refractivity contribution in [3.8, 4) is 11.1 Å². The molecule has 0 atom stereocenters. The van der Waals surface area contributed by atoms with Crippen molar-refractivity contribution in [3.63, 3.8) is 0 Å². The Bertz CT molecular complexity index is 574. The molecule has 0 N–H and O–H groups in total. The van der Waals surface area contributed by atoms with E-state index in [4.69, 9.17) is 4.74 Å². The SMILES string of the molecule is O=C(c1cccc(-c2ccccc2)c1)N1CCOC1. The highest BCUT2D eigenvalue weighted by Crippen LogP contribution is 2.21. The summed E-state index contributed by atoms with van der Waals surface area (Å²) in [6.07, 6.45) is 0. The van der Waals surface area contributed by atoms with Gasteiger partial charge in [-0.2, -0.15) is 0 Å². The van der Waals surface area contributed by atoms with Gasteiger partial charge in [-0.15, -0.1) is 0 Å². The number of hydrogen-bond donors (Lipinski definition) is 0. The van der Waals surface area contributed by atoms with Crippen LogP contribution in [0.25, 0.3) is 11.1 Å². The van der Waals surface area contributed by atoms with E-state index in [-0.39, 0.29) is 5.91 Å². The molecule has 0 aliphatic carbocycles. The first-order valence-corrected chi connectivity index (χ1v) is 6.37. The molecule has 0 bridgehead atoms. The summed E-state index contributed by atoms with van der Waals surface area (Å²) in [5.41, 5.74) is 2.90. The molecule has 0 aromatic heterocycles. The molecule has 1 fully saturated rings. The van der Waals surface area contributed by atoms with Gasteiger partial charge in [0.15, 0.2) is 0 Å². The molecule has 1 aliphatic rings. The van der Waals surface area contributed by atoms with Crippen molar-refractivity contribution in [2.24, 2.45) is 0 Å². The van der Waals surface area contributed by atoms with Crippen LogP contribution >= 0.6 is 0 Å². The van der Waals surface area contributed by atoms with Gasteiger partial charge in [-0.1, -0.05) is 42.5 Å². The van der Waals surface area contributed by atoms with Crippen molar-refractivity contribution in [2.45, 2.75) is 0 Å². The average Bonchev–Trinajstić information content (AvgIpc) is 3.02. The summed E-state index contributed by atoms with van der Waals surface area (Å²) in [7, 11) is 0. The lowest BCUT2D eigenvalue weighted by Gasteiger charge is -2.14. The summed E-state index contributed by atoms with van der Waals surface area (Å²) in [6.45, 7) is 1.70. The van der Waals surface area contributed by atoms with Crippen LogP contribution in [0.3, 0.4) is 0 Å². The van der Waals surface area contributed by atoms with Crippen LogP contribution in [0.2, 0.25) is 0 Å². The lowest BCUT2D eigenvalue weighted by atomic mass is 10.0. The number of carbonyl (C=O) groups excluding carboxylic acids is 1. The van der Waals surface area contributed by atoms with Crippen molar-refractivity contribution >= 4 is 5.91 Å². The van der Waals surface area contributed by atoms with E-state index in [0.717, 1.165) is 11.1 Å². The maximum Gasteiger partial charge on any atom is 0.255 e. The highest BCUT2D eigenvalue weighted by atomic mass is 16.5. The second kappa shape index (κ2) is 5.24. The molecule has 0 unspecified atom stereocenters. The zero-order valence-electron chi connectivity index (χ0n) is 10.6. The van der Waals surface area contributed by atoms with Crippen molar-refractivity contribution in [1.29, 1.82) is 0 Å². The molecule has 1 amide bonds. The number of nitrogens with zero attached hydrogens (tertiary/aromatic N) is 1. The van der Waals surface area contributed by atoms with Gasteiger partial charge in [-0.25, -0.2) is 0 Å². The third-order valence-corrected chi connectivity index (χ3v) is 3.26. The van der Waals surface area contributed by atoms with Crippen LogP contribution < -0.4 is 0 Å². The van der Waals surface area contributed by atoms with E-state index in [1.165, 1.54) is 0 Å². The second-order valence-electron chi connectivity index (χ2n) is 4.55. The minimum Gasteiger partial charge on any atom is -0.359 e. The van der Waals surface area contributed by atoms with E-state index in [9.17, 15) is 4.79 Å². The van der Waals surface area contributed by atoms with Gasteiger partial charge in [0.1, 0.15) is 6.73 Å². The quantitative estimate of drug-likeness (QED) is 0.823. The first-order valence-electron chi connectivity index (χ1n) is 6.37. The summed E-state index contributed by atoms with van der Waals surface area (Å²) in [6, 6.07) is 17.8. The number of amides is 1. The van der Waals surface area contributed by atoms with Gasteiger partial charge in [-0.05, 0) is 23.3 Å². The van der Waals surface area contributed by atoms with E-state index in [1.54, 1.807) is 4.90 Å². The zero-order valence-corrected chi connectivity index (χ0v) is 10.6. The molecule has 0 radical (unpaired) electrons. The summed E-state index contributed by atoms with van der Waals surface area (Å²) >= 11 is 0. The molecular weight excluding hydrogens is 238 g/mol. The van der Waals surface area contributed by atoms with Gasteiger partial charge in [0.05, 0.1) is 6.61 Å². The molecule has 1 aliphatic heterocycles. The van der Waals surface area contributed by atoms with Gasteiger partial charge in [0, 0.05) is 12.1 Å². The molecule has 19 heavy (non-hydrogen) atoms. The average molecular weight is 253 g/mol. The molecule has 96 valence electrons. The largest absolute Gasteiger partial charge is 0.359 e. The molecule has 3 nitrogen and oxygen atoms in total. The normalized spacial score (nSPS) is 14.6. The highest BCUT2D eigenvalue weighted by molar-refractivity contribution is 5.95. The summed E-state index contributed by atoms with van der Waals surface area (Å²) in [4.78, 5) is 14.0. The van der Waals surface area contributed by atoms with Crippen molar-refractivity contribution in [1.82, 2.24) is 4.90 Å². The topological polar surface area (TPSA) is 29.5 Å². The molecular formula is C16H15NO2. The molecule has 1 saturated heterocycles. The van der Waals surface area contributed by atoms with Crippen LogP contribution in [0.1, 0.15) is 10.4 Å². The van der Waals surface area contributed by atoms with Crippen LogP contribution in [-0.4, -0.2) is 30.7 Å². The molecule has 3 heteroatoms. The number of hydrogen-bond acceptors (Lipinski definition) is 2. The minimum absolute atomic E-state index is 0.0373. The Kier molecular flexibility index (Phi) is 3.29. The third-order valence-electron chi connectivity index (χ3n) is 3.26. The number of rotatable bonds is 2. The zero-order chi connectivity index (χ0) is 13.1. The van der Waals surface area contributed by atoms with E-state index < -0.39 is 0 Å². The van der Waals surface area contributed by atoms with Crippen molar-refractivity contribution in [2.75, 3.05) is 19.9 Å². The van der Waals surface area contributed by atoms with Gasteiger partial charge in [-0.3, -0.25) is 4.79 Å². The van der Waals surface area contributed by atoms with Crippen LogP contribution in [0.5, 0.6) is 0 Å². The minimum atomic E-state index is 0.0373. The third kappa shape index (κ3) is 2.51. The number of ether oxygens (including phenoxy) is 1. The smallest absolute Gasteiger partial charge is 0.255 e. The predicted octanol–water partition coefficient (Wildman–Crippen LogP) is 2.78. The van der Waals surface area contributed by atoms with Crippen LogP contribution in [0.4, 0.5) is 0 Å². The van der Waals surface area contributed by atoms with E-state index in [0.29, 0.717) is 25.4 Å². The monoisotopic (exact) mass is 253 g/mol. The van der Waals surface area contributed by atoms with Gasteiger partial charge < -0.3 is 9.64 Å². The lowest BCUT2D eigenvalue weighted by Crippen LogP contribution is -2.28. The Labute approximate surface area is 112 Å². The van der Waals surface area contributed by atoms with Crippen LogP contribution in [0.15, 0.2) is 54.6 Å². The predicted molar refractivity (Wildman–Crippen MR) is 73.7 cm³/mol. The Balaban J connectivity index is 1.89. The van der Waals surface area contributed by atoms with E-state index >= 15 is 0 Å². The Morgan fingerprint density at radius 3 is 2.53 bits per heavy atom. The maximum atomic E-state index is 12.3. The fourth-order valence-corrected chi connectivity index (χ4v) is 2.22. The first kappa shape index (κ1) is 11.9. The molecule has 0 spiro atoms. The molecule has 2 aromatic carbocycles. The Hall–Kier alpha value is -2.13. The van der Waals surface area contributed by atoms with Crippen molar-refractivity contribution in [3.05, 3.63) is 60.2 Å². The standard InChI is InChI=1S/C16H15NO2/c18-16(17-9-10-19-12-17)15-8-4-7-14(11-15)13-5-2-1-3-6-13/h1-8,11H,9-10,12H2. The maximum absolute atomic E-state index is 12.3. The Morgan fingerprint density at radius 1 is 1.00 bits per heavy atom. The van der Waals surface area contributed by atoms with Crippen LogP contribution in [-0.2, 0) is 4.74 Å². The van der Waals surface area contributed by atoms with Gasteiger partial charge in [0.25, 0.3) is 5.91 Å². The highest BCUT2D eigenvalue weighted by Gasteiger charge is 2.20. The molecule has 0 saturated carbocycles. The molecule has 3 rings (SSSR count). The van der Waals surface area contributed by atoms with E-state index in [1.807, 2.05) is 54.6 Å². The van der Waals surface area contributed by atoms with Gasteiger partial charge in [0.2, 0.25) is 0 Å². The fraction of sp³-hybridized carbons (Fsp3) is 0.188. The Morgan fingerprint density at radius 2 is 1.79 bits per heavy atom. The van der Waals surface area contributed by atoms with Crippen LogP contribution in [0, 0.1) is 0 Å². The number of carbonyl (C=O) groups is 1. The lowest BCUT2D eigenvalue weighted by molar-refractivity contribution is 0.0695.